The summed E-state index contributed by atoms with van der Waals surface area (Å²) in [5.41, 5.74) is 0.0943. The fourth-order valence-electron chi connectivity index (χ4n) is 2.38. The molecule has 0 amide bonds. The second-order valence-corrected chi connectivity index (χ2v) is 6.45. The molecule has 1 heterocycles. The number of pyridine rings is 1. The lowest BCUT2D eigenvalue weighted by Crippen LogP contribution is -2.26. The Kier molecular flexibility index (Phi) is 4.93. The zero-order chi connectivity index (χ0) is 13.8. The van der Waals surface area contributed by atoms with Crippen molar-refractivity contribution >= 4 is 35.1 Å². The van der Waals surface area contributed by atoms with Crippen molar-refractivity contribution in [3.05, 3.63) is 22.8 Å². The molecule has 1 saturated carbocycles. The van der Waals surface area contributed by atoms with Crippen LogP contribution < -0.4 is 5.32 Å². The first-order valence-electron chi connectivity index (χ1n) is 6.38. The largest absolute Gasteiger partial charge is 0.478 e. The van der Waals surface area contributed by atoms with Crippen LogP contribution in [0, 0.1) is 0 Å². The van der Waals surface area contributed by atoms with Gasteiger partial charge in [-0.05, 0) is 24.7 Å². The quantitative estimate of drug-likeness (QED) is 0.871. The minimum absolute atomic E-state index is 0.0943. The Labute approximate surface area is 121 Å². The molecule has 104 valence electrons. The third kappa shape index (κ3) is 3.54. The molecule has 1 aliphatic rings. The van der Waals surface area contributed by atoms with Crippen molar-refractivity contribution in [2.75, 3.05) is 11.1 Å². The summed E-state index contributed by atoms with van der Waals surface area (Å²) >= 11 is 7.76. The van der Waals surface area contributed by atoms with Crippen molar-refractivity contribution in [3.63, 3.8) is 0 Å². The summed E-state index contributed by atoms with van der Waals surface area (Å²) in [5.74, 6) is 0.661. The average molecular weight is 301 g/mol. The third-order valence-electron chi connectivity index (χ3n) is 3.25. The molecule has 0 radical (unpaired) electrons. The highest BCUT2D eigenvalue weighted by Crippen LogP contribution is 2.32. The molecule has 0 aromatic carbocycles. The Morgan fingerprint density at radius 1 is 1.63 bits per heavy atom. The predicted octanol–water partition coefficient (Wildman–Crippen LogP) is 3.52. The number of carboxylic acid groups (broad SMARTS) is 1. The van der Waals surface area contributed by atoms with E-state index in [-0.39, 0.29) is 10.6 Å². The van der Waals surface area contributed by atoms with Crippen LogP contribution in [0.2, 0.25) is 5.02 Å². The fraction of sp³-hybridized carbons (Fsp3) is 0.538. The smallest absolute Gasteiger partial charge is 0.337 e. The van der Waals surface area contributed by atoms with Crippen molar-refractivity contribution in [3.8, 4) is 0 Å². The van der Waals surface area contributed by atoms with Gasteiger partial charge in [0.1, 0.15) is 5.82 Å². The molecule has 1 aromatic heterocycles. The number of hydrogen-bond acceptors (Lipinski definition) is 4. The van der Waals surface area contributed by atoms with Gasteiger partial charge in [-0.25, -0.2) is 9.78 Å². The SMILES string of the molecule is CCSC1CCCC1Nc1cc(C(=O)O)c(Cl)cn1. The number of hydrogen-bond donors (Lipinski definition) is 2. The molecule has 2 unspecified atom stereocenters. The van der Waals surface area contributed by atoms with Crippen LogP contribution in [-0.2, 0) is 0 Å². The maximum Gasteiger partial charge on any atom is 0.337 e. The first-order chi connectivity index (χ1) is 9.11. The number of carbonyl (C=O) groups is 1. The molecule has 2 rings (SSSR count). The van der Waals surface area contributed by atoms with Crippen molar-refractivity contribution in [2.45, 2.75) is 37.5 Å². The number of carboxylic acids is 1. The molecule has 0 spiro atoms. The van der Waals surface area contributed by atoms with Crippen molar-refractivity contribution < 1.29 is 9.90 Å². The number of thioether (sulfide) groups is 1. The number of rotatable bonds is 5. The van der Waals surface area contributed by atoms with Crippen LogP contribution in [0.15, 0.2) is 12.3 Å². The van der Waals surface area contributed by atoms with Crippen LogP contribution in [0.3, 0.4) is 0 Å². The van der Waals surface area contributed by atoms with E-state index in [1.165, 1.54) is 25.1 Å². The van der Waals surface area contributed by atoms with E-state index in [0.717, 1.165) is 12.2 Å². The van der Waals surface area contributed by atoms with E-state index in [1.807, 2.05) is 11.8 Å². The van der Waals surface area contributed by atoms with E-state index in [1.54, 1.807) is 0 Å². The normalized spacial score (nSPS) is 22.4. The topological polar surface area (TPSA) is 62.2 Å². The molecule has 19 heavy (non-hydrogen) atoms. The monoisotopic (exact) mass is 300 g/mol. The van der Waals surface area contributed by atoms with E-state index >= 15 is 0 Å². The van der Waals surface area contributed by atoms with Crippen LogP contribution >= 0.6 is 23.4 Å². The molecule has 4 nitrogen and oxygen atoms in total. The number of anilines is 1. The molecule has 0 saturated heterocycles. The van der Waals surface area contributed by atoms with E-state index < -0.39 is 5.97 Å². The Morgan fingerprint density at radius 3 is 3.11 bits per heavy atom. The van der Waals surface area contributed by atoms with E-state index in [9.17, 15) is 4.79 Å². The van der Waals surface area contributed by atoms with Crippen molar-refractivity contribution in [2.24, 2.45) is 0 Å². The van der Waals surface area contributed by atoms with Gasteiger partial charge in [-0.3, -0.25) is 0 Å². The van der Waals surface area contributed by atoms with Gasteiger partial charge < -0.3 is 10.4 Å². The van der Waals surface area contributed by atoms with Gasteiger partial charge in [-0.2, -0.15) is 11.8 Å². The summed E-state index contributed by atoms with van der Waals surface area (Å²) in [5, 5.41) is 13.1. The van der Waals surface area contributed by atoms with E-state index in [2.05, 4.69) is 17.2 Å². The molecule has 1 fully saturated rings. The van der Waals surface area contributed by atoms with Crippen LogP contribution in [0.1, 0.15) is 36.5 Å². The lowest BCUT2D eigenvalue weighted by molar-refractivity contribution is 0.0697. The summed E-state index contributed by atoms with van der Waals surface area (Å²) in [7, 11) is 0. The molecule has 1 aliphatic carbocycles. The van der Waals surface area contributed by atoms with Gasteiger partial charge in [-0.1, -0.05) is 24.9 Å². The molecular weight excluding hydrogens is 284 g/mol. The Bertz CT molecular complexity index is 470. The zero-order valence-electron chi connectivity index (χ0n) is 10.7. The number of nitrogens with one attached hydrogen (secondary N) is 1. The second kappa shape index (κ2) is 6.48. The Morgan fingerprint density at radius 2 is 2.42 bits per heavy atom. The predicted molar refractivity (Wildman–Crippen MR) is 79.4 cm³/mol. The molecule has 2 atom stereocenters. The minimum atomic E-state index is -1.03. The summed E-state index contributed by atoms with van der Waals surface area (Å²) < 4.78 is 0. The first-order valence-corrected chi connectivity index (χ1v) is 7.81. The lowest BCUT2D eigenvalue weighted by atomic mass is 10.2. The van der Waals surface area contributed by atoms with Crippen molar-refractivity contribution in [1.82, 2.24) is 4.98 Å². The van der Waals surface area contributed by atoms with Gasteiger partial charge in [0.2, 0.25) is 0 Å². The second-order valence-electron chi connectivity index (χ2n) is 4.53. The number of aromatic carboxylic acids is 1. The molecule has 0 bridgehead atoms. The maximum absolute atomic E-state index is 11.0. The minimum Gasteiger partial charge on any atom is -0.478 e. The highest BCUT2D eigenvalue weighted by Gasteiger charge is 2.27. The third-order valence-corrected chi connectivity index (χ3v) is 4.88. The Hall–Kier alpha value is -0.940. The first kappa shape index (κ1) is 14.5. The fourth-order valence-corrected chi connectivity index (χ4v) is 3.76. The van der Waals surface area contributed by atoms with Crippen molar-refractivity contribution in [1.29, 1.82) is 0 Å². The van der Waals surface area contributed by atoms with Gasteiger partial charge in [-0.15, -0.1) is 0 Å². The maximum atomic E-state index is 11.0. The lowest BCUT2D eigenvalue weighted by Gasteiger charge is -2.20. The van der Waals surface area contributed by atoms with Gasteiger partial charge in [0.25, 0.3) is 0 Å². The van der Waals surface area contributed by atoms with Crippen LogP contribution in [0.4, 0.5) is 5.82 Å². The highest BCUT2D eigenvalue weighted by atomic mass is 35.5. The van der Waals surface area contributed by atoms with Gasteiger partial charge >= 0.3 is 5.97 Å². The summed E-state index contributed by atoms with van der Waals surface area (Å²) in [6.45, 7) is 2.16. The summed E-state index contributed by atoms with van der Waals surface area (Å²) in [6.07, 6.45) is 4.90. The number of halogens is 1. The molecule has 6 heteroatoms. The summed E-state index contributed by atoms with van der Waals surface area (Å²) in [6, 6.07) is 1.87. The molecule has 0 aliphatic heterocycles. The van der Waals surface area contributed by atoms with Crippen LogP contribution in [0.5, 0.6) is 0 Å². The average Bonchev–Trinajstić information content (AvgIpc) is 2.79. The van der Waals surface area contributed by atoms with Gasteiger partial charge in [0.15, 0.2) is 0 Å². The van der Waals surface area contributed by atoms with Crippen LogP contribution in [0.25, 0.3) is 0 Å². The molecule has 1 aromatic rings. The van der Waals surface area contributed by atoms with Crippen LogP contribution in [-0.4, -0.2) is 33.1 Å². The van der Waals surface area contributed by atoms with Gasteiger partial charge in [0.05, 0.1) is 10.6 Å². The molecule has 2 N–H and O–H groups in total. The highest BCUT2D eigenvalue weighted by molar-refractivity contribution is 7.99. The Balaban J connectivity index is 2.10. The van der Waals surface area contributed by atoms with Gasteiger partial charge in [0, 0.05) is 17.5 Å². The number of aromatic nitrogens is 1. The van der Waals surface area contributed by atoms with E-state index in [0.29, 0.717) is 17.1 Å². The number of nitrogens with zero attached hydrogens (tertiary/aromatic N) is 1. The van der Waals surface area contributed by atoms with E-state index in [4.69, 9.17) is 16.7 Å². The zero-order valence-corrected chi connectivity index (χ0v) is 12.3. The molecular formula is C13H17ClN2O2S. The standard InChI is InChI=1S/C13H17ClN2O2S/c1-2-19-11-5-3-4-10(11)16-12-6-8(13(17)18)9(14)7-15-12/h6-7,10-11H,2-5H2,1H3,(H,15,16)(H,17,18). The summed E-state index contributed by atoms with van der Waals surface area (Å²) in [4.78, 5) is 15.2.